The first-order valence-electron chi connectivity index (χ1n) is 6.39. The van der Waals surface area contributed by atoms with Crippen LogP contribution in [0.1, 0.15) is 19.5 Å². The van der Waals surface area contributed by atoms with Gasteiger partial charge in [-0.1, -0.05) is 12.1 Å². The number of aromatic hydroxyl groups is 1. The van der Waals surface area contributed by atoms with Crippen molar-refractivity contribution in [2.45, 2.75) is 33.0 Å². The zero-order valence-electron chi connectivity index (χ0n) is 10.7. The molecule has 0 fully saturated rings. The van der Waals surface area contributed by atoms with Gasteiger partial charge in [0.2, 0.25) is 5.88 Å². The van der Waals surface area contributed by atoms with Crippen LogP contribution in [0.2, 0.25) is 0 Å². The van der Waals surface area contributed by atoms with Gasteiger partial charge in [0, 0.05) is 30.7 Å². The van der Waals surface area contributed by atoms with Crippen molar-refractivity contribution < 1.29 is 9.84 Å². The van der Waals surface area contributed by atoms with Gasteiger partial charge in [-0.3, -0.25) is 0 Å². The lowest BCUT2D eigenvalue weighted by molar-refractivity contribution is 0.245. The summed E-state index contributed by atoms with van der Waals surface area (Å²) in [6, 6.07) is 5.94. The van der Waals surface area contributed by atoms with E-state index in [1.165, 1.54) is 0 Å². The van der Waals surface area contributed by atoms with Crippen molar-refractivity contribution in [3.05, 3.63) is 23.9 Å². The zero-order valence-corrected chi connectivity index (χ0v) is 10.7. The lowest BCUT2D eigenvalue weighted by atomic mass is 10.1. The minimum Gasteiger partial charge on any atom is -0.494 e. The average Bonchev–Trinajstić information content (AvgIpc) is 2.65. The summed E-state index contributed by atoms with van der Waals surface area (Å²) in [6.45, 7) is 6.47. The Morgan fingerprint density at radius 3 is 3.00 bits per heavy atom. The normalized spacial score (nSPS) is 15.1. The fourth-order valence-electron chi connectivity index (χ4n) is 2.59. The number of nitrogens with one attached hydrogen (secondary N) is 1. The molecule has 1 aromatic carbocycles. The molecule has 18 heavy (non-hydrogen) atoms. The predicted molar refractivity (Wildman–Crippen MR) is 71.1 cm³/mol. The van der Waals surface area contributed by atoms with Crippen LogP contribution >= 0.6 is 0 Å². The van der Waals surface area contributed by atoms with Crippen molar-refractivity contribution >= 4 is 10.8 Å². The van der Waals surface area contributed by atoms with E-state index in [1.54, 1.807) is 0 Å². The number of ether oxygens (including phenoxy) is 1. The third kappa shape index (κ3) is 1.64. The van der Waals surface area contributed by atoms with Crippen LogP contribution in [0.4, 0.5) is 0 Å². The molecule has 1 aromatic heterocycles. The smallest absolute Gasteiger partial charge is 0.203 e. The van der Waals surface area contributed by atoms with E-state index in [4.69, 9.17) is 4.74 Å². The van der Waals surface area contributed by atoms with E-state index < -0.39 is 0 Å². The van der Waals surface area contributed by atoms with E-state index in [-0.39, 0.29) is 6.10 Å². The molecule has 0 aliphatic carbocycles. The Labute approximate surface area is 106 Å². The molecular weight excluding hydrogens is 228 g/mol. The number of nitrogens with zero attached hydrogens (tertiary/aromatic N) is 1. The maximum Gasteiger partial charge on any atom is 0.203 e. The van der Waals surface area contributed by atoms with Gasteiger partial charge in [0.25, 0.3) is 0 Å². The number of benzene rings is 1. The summed E-state index contributed by atoms with van der Waals surface area (Å²) in [5.74, 6) is 1.10. The molecule has 2 heterocycles. The fourth-order valence-corrected chi connectivity index (χ4v) is 2.59. The van der Waals surface area contributed by atoms with Crippen molar-refractivity contribution in [2.75, 3.05) is 6.54 Å². The molecular formula is C14H18N2O2. The molecule has 2 aromatic rings. The zero-order chi connectivity index (χ0) is 12.7. The van der Waals surface area contributed by atoms with Crippen molar-refractivity contribution in [1.29, 1.82) is 0 Å². The minimum absolute atomic E-state index is 0.102. The van der Waals surface area contributed by atoms with Gasteiger partial charge in [0.1, 0.15) is 5.75 Å². The Morgan fingerprint density at radius 2 is 2.22 bits per heavy atom. The van der Waals surface area contributed by atoms with Gasteiger partial charge in [-0.05, 0) is 19.9 Å². The maximum atomic E-state index is 10.4. The molecule has 0 saturated heterocycles. The van der Waals surface area contributed by atoms with E-state index in [1.807, 2.05) is 36.6 Å². The first kappa shape index (κ1) is 11.4. The van der Waals surface area contributed by atoms with E-state index in [0.29, 0.717) is 5.88 Å². The van der Waals surface area contributed by atoms with Gasteiger partial charge >= 0.3 is 0 Å². The highest BCUT2D eigenvalue weighted by atomic mass is 16.5. The second-order valence-electron chi connectivity index (χ2n) is 4.94. The SMILES string of the molecule is CC(C)Oc1cccc2c3n(c(O)c12)CCNC3. The molecule has 0 unspecified atom stereocenters. The predicted octanol–water partition coefficient (Wildman–Crippen LogP) is 2.24. The Balaban J connectivity index is 2.24. The standard InChI is InChI=1S/C14H18N2O2/c1-9(2)18-12-5-3-4-10-11-8-15-6-7-16(11)14(17)13(10)12/h3-5,9,15,17H,6-8H2,1-2H3. The van der Waals surface area contributed by atoms with Crippen LogP contribution in [-0.4, -0.2) is 22.3 Å². The third-order valence-corrected chi connectivity index (χ3v) is 3.31. The first-order chi connectivity index (χ1) is 8.68. The van der Waals surface area contributed by atoms with Gasteiger partial charge < -0.3 is 19.7 Å². The summed E-state index contributed by atoms with van der Waals surface area (Å²) in [5.41, 5.74) is 1.14. The molecule has 0 saturated carbocycles. The molecule has 4 nitrogen and oxygen atoms in total. The van der Waals surface area contributed by atoms with Crippen LogP contribution in [0, 0.1) is 0 Å². The number of rotatable bonds is 2. The van der Waals surface area contributed by atoms with E-state index >= 15 is 0 Å². The minimum atomic E-state index is 0.102. The molecule has 2 N–H and O–H groups in total. The summed E-state index contributed by atoms with van der Waals surface area (Å²) in [4.78, 5) is 0. The monoisotopic (exact) mass is 246 g/mol. The number of aromatic nitrogens is 1. The van der Waals surface area contributed by atoms with E-state index in [2.05, 4.69) is 5.32 Å². The van der Waals surface area contributed by atoms with Crippen molar-refractivity contribution in [1.82, 2.24) is 9.88 Å². The lowest BCUT2D eigenvalue weighted by Gasteiger charge is -2.16. The lowest BCUT2D eigenvalue weighted by Crippen LogP contribution is -2.27. The van der Waals surface area contributed by atoms with Gasteiger partial charge in [-0.25, -0.2) is 0 Å². The second-order valence-corrected chi connectivity index (χ2v) is 4.94. The number of hydrogen-bond donors (Lipinski definition) is 2. The van der Waals surface area contributed by atoms with Crippen molar-refractivity contribution in [3.63, 3.8) is 0 Å². The highest BCUT2D eigenvalue weighted by Crippen LogP contribution is 2.39. The Morgan fingerprint density at radius 1 is 1.39 bits per heavy atom. The summed E-state index contributed by atoms with van der Waals surface area (Å²) >= 11 is 0. The van der Waals surface area contributed by atoms with Gasteiger partial charge in [0.15, 0.2) is 0 Å². The van der Waals surface area contributed by atoms with Crippen LogP contribution < -0.4 is 10.1 Å². The summed E-state index contributed by atoms with van der Waals surface area (Å²) < 4.78 is 7.77. The third-order valence-electron chi connectivity index (χ3n) is 3.31. The molecule has 0 radical (unpaired) electrons. The van der Waals surface area contributed by atoms with Gasteiger partial charge in [-0.15, -0.1) is 0 Å². The topological polar surface area (TPSA) is 46.4 Å². The van der Waals surface area contributed by atoms with Crippen LogP contribution in [0.3, 0.4) is 0 Å². The van der Waals surface area contributed by atoms with Crippen LogP contribution in [-0.2, 0) is 13.1 Å². The second kappa shape index (κ2) is 4.21. The molecule has 0 amide bonds. The largest absolute Gasteiger partial charge is 0.494 e. The summed E-state index contributed by atoms with van der Waals surface area (Å²) in [7, 11) is 0. The molecule has 1 aliphatic rings. The first-order valence-corrected chi connectivity index (χ1v) is 6.39. The van der Waals surface area contributed by atoms with Crippen molar-refractivity contribution in [2.24, 2.45) is 0 Å². The summed E-state index contributed by atoms with van der Waals surface area (Å²) in [5, 5.41) is 15.6. The summed E-state index contributed by atoms with van der Waals surface area (Å²) in [6.07, 6.45) is 0.102. The Kier molecular flexibility index (Phi) is 2.67. The number of hydrogen-bond acceptors (Lipinski definition) is 3. The molecule has 0 atom stereocenters. The highest BCUT2D eigenvalue weighted by Gasteiger charge is 2.21. The Hall–Kier alpha value is -1.68. The molecule has 0 bridgehead atoms. The Bertz CT molecular complexity index is 587. The average molecular weight is 246 g/mol. The van der Waals surface area contributed by atoms with E-state index in [9.17, 15) is 5.11 Å². The van der Waals surface area contributed by atoms with Crippen LogP contribution in [0.15, 0.2) is 18.2 Å². The van der Waals surface area contributed by atoms with Crippen LogP contribution in [0.25, 0.3) is 10.8 Å². The quantitative estimate of drug-likeness (QED) is 0.854. The van der Waals surface area contributed by atoms with Crippen molar-refractivity contribution in [3.8, 4) is 11.6 Å². The van der Waals surface area contributed by atoms with Gasteiger partial charge in [-0.2, -0.15) is 0 Å². The molecule has 0 spiro atoms. The van der Waals surface area contributed by atoms with Gasteiger partial charge in [0.05, 0.1) is 11.5 Å². The van der Waals surface area contributed by atoms with E-state index in [0.717, 1.165) is 41.9 Å². The fraction of sp³-hybridized carbons (Fsp3) is 0.429. The maximum absolute atomic E-state index is 10.4. The van der Waals surface area contributed by atoms with Crippen LogP contribution in [0.5, 0.6) is 11.6 Å². The number of fused-ring (bicyclic) bond motifs is 3. The molecule has 4 heteroatoms. The molecule has 96 valence electrons. The molecule has 1 aliphatic heterocycles. The molecule has 3 rings (SSSR count). The highest BCUT2D eigenvalue weighted by molar-refractivity contribution is 5.96.